The molecule has 1 saturated heterocycles. The van der Waals surface area contributed by atoms with E-state index in [0.717, 1.165) is 25.8 Å². The monoisotopic (exact) mass is 254 g/mol. The third-order valence-corrected chi connectivity index (χ3v) is 3.45. The standard InChI is InChI=1S/C14H26N2O2/c1-5-6-12-14(18)16(8-7-10(2)3)11(4)9-13(17)15-12/h10-12H,5-9H2,1-4H3,(H,15,17). The average molecular weight is 254 g/mol. The van der Waals surface area contributed by atoms with Gasteiger partial charge in [-0.3, -0.25) is 9.59 Å². The molecule has 0 bridgehead atoms. The van der Waals surface area contributed by atoms with Crippen LogP contribution in [0.5, 0.6) is 0 Å². The molecule has 2 atom stereocenters. The van der Waals surface area contributed by atoms with Crippen molar-refractivity contribution in [3.8, 4) is 0 Å². The highest BCUT2D eigenvalue weighted by atomic mass is 16.2. The Bertz CT molecular complexity index is 302. The van der Waals surface area contributed by atoms with Crippen molar-refractivity contribution in [3.63, 3.8) is 0 Å². The van der Waals surface area contributed by atoms with E-state index in [9.17, 15) is 9.59 Å². The molecule has 0 aromatic heterocycles. The van der Waals surface area contributed by atoms with Gasteiger partial charge in [0.05, 0.1) is 0 Å². The van der Waals surface area contributed by atoms with Gasteiger partial charge >= 0.3 is 0 Å². The molecule has 18 heavy (non-hydrogen) atoms. The van der Waals surface area contributed by atoms with E-state index in [-0.39, 0.29) is 23.9 Å². The van der Waals surface area contributed by atoms with Gasteiger partial charge in [-0.2, -0.15) is 0 Å². The van der Waals surface area contributed by atoms with E-state index in [1.54, 1.807) is 0 Å². The highest BCUT2D eigenvalue weighted by molar-refractivity contribution is 5.90. The Balaban J connectivity index is 2.76. The fraction of sp³-hybridized carbons (Fsp3) is 0.857. The summed E-state index contributed by atoms with van der Waals surface area (Å²) in [6.45, 7) is 9.06. The molecule has 1 fully saturated rings. The first-order valence-electron chi connectivity index (χ1n) is 7.05. The van der Waals surface area contributed by atoms with E-state index in [1.165, 1.54) is 0 Å². The molecule has 0 aromatic carbocycles. The fourth-order valence-electron chi connectivity index (χ4n) is 2.32. The number of nitrogens with zero attached hydrogens (tertiary/aromatic N) is 1. The molecule has 1 aliphatic rings. The van der Waals surface area contributed by atoms with Gasteiger partial charge in [-0.25, -0.2) is 0 Å². The van der Waals surface area contributed by atoms with E-state index in [2.05, 4.69) is 19.2 Å². The predicted octanol–water partition coefficient (Wildman–Crippen LogP) is 1.94. The molecular weight excluding hydrogens is 228 g/mol. The molecule has 0 saturated carbocycles. The Hall–Kier alpha value is -1.06. The van der Waals surface area contributed by atoms with Crippen LogP contribution in [0, 0.1) is 5.92 Å². The molecule has 1 rings (SSSR count). The summed E-state index contributed by atoms with van der Waals surface area (Å²) in [5.41, 5.74) is 0. The van der Waals surface area contributed by atoms with Crippen molar-refractivity contribution in [2.45, 2.75) is 65.5 Å². The summed E-state index contributed by atoms with van der Waals surface area (Å²) in [6, 6.07) is -0.308. The van der Waals surface area contributed by atoms with Gasteiger partial charge in [0.2, 0.25) is 11.8 Å². The lowest BCUT2D eigenvalue weighted by Crippen LogP contribution is -2.46. The molecule has 4 heteroatoms. The zero-order valence-electron chi connectivity index (χ0n) is 12.0. The van der Waals surface area contributed by atoms with Gasteiger partial charge in [0, 0.05) is 19.0 Å². The summed E-state index contributed by atoms with van der Waals surface area (Å²) in [5, 5.41) is 2.85. The second-order valence-corrected chi connectivity index (χ2v) is 5.68. The maximum Gasteiger partial charge on any atom is 0.245 e. The Morgan fingerprint density at radius 2 is 2.06 bits per heavy atom. The summed E-state index contributed by atoms with van der Waals surface area (Å²) in [5.74, 6) is 0.665. The van der Waals surface area contributed by atoms with Crippen LogP contribution in [0.15, 0.2) is 0 Å². The normalized spacial score (nSPS) is 25.3. The summed E-state index contributed by atoms with van der Waals surface area (Å²) in [6.07, 6.45) is 3.05. The van der Waals surface area contributed by atoms with Crippen LogP contribution < -0.4 is 5.32 Å². The van der Waals surface area contributed by atoms with Gasteiger partial charge in [0.25, 0.3) is 0 Å². The molecule has 1 heterocycles. The van der Waals surface area contributed by atoms with Crippen molar-refractivity contribution >= 4 is 11.8 Å². The maximum absolute atomic E-state index is 12.4. The molecule has 2 unspecified atom stereocenters. The van der Waals surface area contributed by atoms with Crippen LogP contribution in [0.25, 0.3) is 0 Å². The highest BCUT2D eigenvalue weighted by Crippen LogP contribution is 2.16. The SMILES string of the molecule is CCCC1NC(=O)CC(C)N(CCC(C)C)C1=O. The molecule has 104 valence electrons. The van der Waals surface area contributed by atoms with Gasteiger partial charge in [-0.15, -0.1) is 0 Å². The third-order valence-electron chi connectivity index (χ3n) is 3.45. The van der Waals surface area contributed by atoms with Crippen LogP contribution in [0.3, 0.4) is 0 Å². The molecular formula is C14H26N2O2. The molecule has 0 aromatic rings. The Labute approximate surface area is 110 Å². The molecule has 0 aliphatic carbocycles. The molecule has 2 amide bonds. The quantitative estimate of drug-likeness (QED) is 0.815. The second-order valence-electron chi connectivity index (χ2n) is 5.68. The van der Waals surface area contributed by atoms with Gasteiger partial charge in [-0.1, -0.05) is 27.2 Å². The lowest BCUT2D eigenvalue weighted by molar-refractivity contribution is -0.135. The van der Waals surface area contributed by atoms with Gasteiger partial charge < -0.3 is 10.2 Å². The zero-order valence-corrected chi connectivity index (χ0v) is 12.0. The lowest BCUT2D eigenvalue weighted by atomic mass is 10.1. The first kappa shape index (κ1) is 15.0. The summed E-state index contributed by atoms with van der Waals surface area (Å²) < 4.78 is 0. The van der Waals surface area contributed by atoms with Crippen LogP contribution >= 0.6 is 0 Å². The second kappa shape index (κ2) is 6.76. The Kier molecular flexibility index (Phi) is 5.63. The first-order chi connectivity index (χ1) is 8.45. The van der Waals surface area contributed by atoms with Crippen LogP contribution in [0.2, 0.25) is 0 Å². The minimum atomic E-state index is -0.320. The largest absolute Gasteiger partial charge is 0.344 e. The summed E-state index contributed by atoms with van der Waals surface area (Å²) in [7, 11) is 0. The van der Waals surface area contributed by atoms with Gasteiger partial charge in [-0.05, 0) is 25.7 Å². The van der Waals surface area contributed by atoms with Crippen LogP contribution in [0.1, 0.15) is 53.4 Å². The smallest absolute Gasteiger partial charge is 0.245 e. The Morgan fingerprint density at radius 1 is 1.39 bits per heavy atom. The summed E-state index contributed by atoms with van der Waals surface area (Å²) in [4.78, 5) is 26.0. The van der Waals surface area contributed by atoms with Crippen LogP contribution in [-0.4, -0.2) is 35.3 Å². The van der Waals surface area contributed by atoms with Crippen LogP contribution in [0.4, 0.5) is 0 Å². The van der Waals surface area contributed by atoms with E-state index in [4.69, 9.17) is 0 Å². The minimum absolute atomic E-state index is 0.00125. The van der Waals surface area contributed by atoms with E-state index in [0.29, 0.717) is 12.3 Å². The molecule has 1 aliphatic heterocycles. The van der Waals surface area contributed by atoms with E-state index < -0.39 is 0 Å². The number of amides is 2. The number of carbonyl (C=O) groups is 2. The highest BCUT2D eigenvalue weighted by Gasteiger charge is 2.32. The molecule has 1 N–H and O–H groups in total. The maximum atomic E-state index is 12.4. The van der Waals surface area contributed by atoms with Crippen LogP contribution in [-0.2, 0) is 9.59 Å². The summed E-state index contributed by atoms with van der Waals surface area (Å²) >= 11 is 0. The van der Waals surface area contributed by atoms with Crippen molar-refractivity contribution in [2.24, 2.45) is 5.92 Å². The van der Waals surface area contributed by atoms with E-state index >= 15 is 0 Å². The lowest BCUT2D eigenvalue weighted by Gasteiger charge is -2.29. The topological polar surface area (TPSA) is 49.4 Å². The Morgan fingerprint density at radius 3 is 2.61 bits per heavy atom. The number of hydrogen-bond acceptors (Lipinski definition) is 2. The van der Waals surface area contributed by atoms with Crippen molar-refractivity contribution in [1.29, 1.82) is 0 Å². The van der Waals surface area contributed by atoms with Crippen molar-refractivity contribution in [2.75, 3.05) is 6.54 Å². The minimum Gasteiger partial charge on any atom is -0.344 e. The van der Waals surface area contributed by atoms with Gasteiger partial charge in [0.1, 0.15) is 6.04 Å². The number of hydrogen-bond donors (Lipinski definition) is 1. The zero-order chi connectivity index (χ0) is 13.7. The fourth-order valence-corrected chi connectivity index (χ4v) is 2.32. The third kappa shape index (κ3) is 4.00. The average Bonchev–Trinajstić information content (AvgIpc) is 2.36. The van der Waals surface area contributed by atoms with Gasteiger partial charge in [0.15, 0.2) is 0 Å². The molecule has 0 radical (unpaired) electrons. The van der Waals surface area contributed by atoms with E-state index in [1.807, 2.05) is 18.7 Å². The van der Waals surface area contributed by atoms with Crippen molar-refractivity contribution in [3.05, 3.63) is 0 Å². The number of carbonyl (C=O) groups excluding carboxylic acids is 2. The number of nitrogens with one attached hydrogen (secondary N) is 1. The predicted molar refractivity (Wildman–Crippen MR) is 72.1 cm³/mol. The number of rotatable bonds is 5. The van der Waals surface area contributed by atoms with Crippen molar-refractivity contribution in [1.82, 2.24) is 10.2 Å². The van der Waals surface area contributed by atoms with Crippen molar-refractivity contribution < 1.29 is 9.59 Å². The first-order valence-corrected chi connectivity index (χ1v) is 7.05. The molecule has 4 nitrogen and oxygen atoms in total. The molecule has 0 spiro atoms.